The number of rotatable bonds is 7. The molecule has 6 nitrogen and oxygen atoms in total. The van der Waals surface area contributed by atoms with Gasteiger partial charge in [-0.25, -0.2) is 4.39 Å². The number of hydrogen-bond acceptors (Lipinski definition) is 4. The van der Waals surface area contributed by atoms with Gasteiger partial charge in [0.2, 0.25) is 11.8 Å². The Bertz CT molecular complexity index is 1260. The molecule has 3 aromatic carbocycles. The van der Waals surface area contributed by atoms with Crippen molar-refractivity contribution in [2.24, 2.45) is 11.8 Å². The van der Waals surface area contributed by atoms with Gasteiger partial charge in [0.25, 0.3) is 0 Å². The Morgan fingerprint density at radius 2 is 1.80 bits per heavy atom. The average Bonchev–Trinajstić information content (AvgIpc) is 3.70. The number of amides is 2. The van der Waals surface area contributed by atoms with E-state index in [1.165, 1.54) is 18.3 Å². The first-order valence-electron chi connectivity index (χ1n) is 11.8. The van der Waals surface area contributed by atoms with E-state index >= 15 is 0 Å². The van der Waals surface area contributed by atoms with Crippen LogP contribution in [-0.2, 0) is 9.59 Å². The summed E-state index contributed by atoms with van der Waals surface area (Å²) in [5.41, 5.74) is 3.55. The quantitative estimate of drug-likeness (QED) is 0.401. The summed E-state index contributed by atoms with van der Waals surface area (Å²) in [7, 11) is 0. The van der Waals surface area contributed by atoms with Gasteiger partial charge in [0.15, 0.2) is 0 Å². The number of nitrogens with zero attached hydrogens (tertiary/aromatic N) is 1. The van der Waals surface area contributed by atoms with Crippen molar-refractivity contribution in [3.8, 4) is 0 Å². The van der Waals surface area contributed by atoms with E-state index in [1.807, 2.05) is 49.4 Å². The van der Waals surface area contributed by atoms with Gasteiger partial charge in [0.05, 0.1) is 18.0 Å². The van der Waals surface area contributed by atoms with Gasteiger partial charge in [-0.05, 0) is 60.9 Å². The lowest BCUT2D eigenvalue weighted by Crippen LogP contribution is -2.42. The molecule has 3 N–H and O–H groups in total. The third kappa shape index (κ3) is 4.54. The van der Waals surface area contributed by atoms with E-state index in [-0.39, 0.29) is 37.1 Å². The predicted molar refractivity (Wildman–Crippen MR) is 137 cm³/mol. The van der Waals surface area contributed by atoms with Gasteiger partial charge >= 0.3 is 0 Å². The SMILES string of the molecule is CC1C(=O)N(c2ccc(Nc3ccc(F)cc3)c(C=N)c2)[C@H](c2ccccc2)C1NC(=O)C1CC1.[HH]. The molecule has 1 saturated heterocycles. The number of halogens is 1. The van der Waals surface area contributed by atoms with E-state index in [0.717, 1.165) is 18.4 Å². The van der Waals surface area contributed by atoms with Crippen LogP contribution in [0.4, 0.5) is 21.5 Å². The fourth-order valence-electron chi connectivity index (χ4n) is 4.69. The number of anilines is 3. The maximum Gasteiger partial charge on any atom is 0.232 e. The summed E-state index contributed by atoms with van der Waals surface area (Å²) < 4.78 is 13.3. The normalized spacial score (nSPS) is 21.6. The monoisotopic (exact) mass is 472 g/mol. The molecule has 180 valence electrons. The molecule has 2 unspecified atom stereocenters. The van der Waals surface area contributed by atoms with Crippen LogP contribution in [0.15, 0.2) is 72.8 Å². The maximum atomic E-state index is 13.5. The van der Waals surface area contributed by atoms with Crippen molar-refractivity contribution in [2.45, 2.75) is 31.8 Å². The van der Waals surface area contributed by atoms with Gasteiger partial charge in [0, 0.05) is 36.2 Å². The molecule has 5 rings (SSSR count). The molecule has 3 aromatic rings. The fraction of sp³-hybridized carbons (Fsp3) is 0.250. The Hall–Kier alpha value is -4.00. The Kier molecular flexibility index (Phi) is 6.07. The molecule has 0 bridgehead atoms. The lowest BCUT2D eigenvalue weighted by atomic mass is 9.94. The van der Waals surface area contributed by atoms with Crippen LogP contribution in [0.3, 0.4) is 0 Å². The molecule has 1 aliphatic carbocycles. The second kappa shape index (κ2) is 9.33. The van der Waals surface area contributed by atoms with Crippen LogP contribution >= 0.6 is 0 Å². The molecule has 0 spiro atoms. The third-order valence-corrected chi connectivity index (χ3v) is 6.77. The van der Waals surface area contributed by atoms with Crippen molar-refractivity contribution in [3.05, 3.63) is 89.7 Å². The van der Waals surface area contributed by atoms with Crippen molar-refractivity contribution in [1.82, 2.24) is 5.32 Å². The standard InChI is InChI=1S/C28H27FN4O2.H2/c1-17-25(32-27(34)19-7-8-19)26(18-5-3-2-4-6-18)33(28(17)35)23-13-14-24(20(15-23)16-30)31-22-11-9-21(29)10-12-22;/h2-6,9-17,19,25-26,30-31H,7-8H2,1H3,(H,32,34);1H/t17?,25?,26-;/m1./s1. The van der Waals surface area contributed by atoms with Gasteiger partial charge in [-0.3, -0.25) is 9.59 Å². The first-order chi connectivity index (χ1) is 17.0. The summed E-state index contributed by atoms with van der Waals surface area (Å²) in [5.74, 6) is -0.742. The topological polar surface area (TPSA) is 85.3 Å². The Labute approximate surface area is 205 Å². The van der Waals surface area contributed by atoms with E-state index in [2.05, 4.69) is 10.6 Å². The summed E-state index contributed by atoms with van der Waals surface area (Å²) in [4.78, 5) is 28.0. The second-order valence-corrected chi connectivity index (χ2v) is 9.21. The molecule has 35 heavy (non-hydrogen) atoms. The minimum Gasteiger partial charge on any atom is -0.355 e. The van der Waals surface area contributed by atoms with Gasteiger partial charge in [-0.2, -0.15) is 0 Å². The fourth-order valence-corrected chi connectivity index (χ4v) is 4.69. The third-order valence-electron chi connectivity index (χ3n) is 6.77. The van der Waals surface area contributed by atoms with Crippen LogP contribution in [0.5, 0.6) is 0 Å². The summed E-state index contributed by atoms with van der Waals surface area (Å²) in [6.07, 6.45) is 3.01. The molecule has 7 heteroatoms. The first kappa shape index (κ1) is 22.8. The molecule has 0 radical (unpaired) electrons. The van der Waals surface area contributed by atoms with Crippen LogP contribution in [-0.4, -0.2) is 24.1 Å². The minimum absolute atomic E-state index is 0. The lowest BCUT2D eigenvalue weighted by molar-refractivity contribution is -0.123. The highest BCUT2D eigenvalue weighted by atomic mass is 19.1. The molecule has 2 fully saturated rings. The van der Waals surface area contributed by atoms with E-state index < -0.39 is 5.92 Å². The zero-order chi connectivity index (χ0) is 24.5. The minimum atomic E-state index is -0.400. The summed E-state index contributed by atoms with van der Waals surface area (Å²) >= 11 is 0. The predicted octanol–water partition coefficient (Wildman–Crippen LogP) is 5.43. The van der Waals surface area contributed by atoms with Crippen molar-refractivity contribution in [2.75, 3.05) is 10.2 Å². The Morgan fingerprint density at radius 3 is 2.46 bits per heavy atom. The number of benzene rings is 3. The highest BCUT2D eigenvalue weighted by Gasteiger charge is 2.48. The first-order valence-corrected chi connectivity index (χ1v) is 11.8. The van der Waals surface area contributed by atoms with Crippen molar-refractivity contribution in [3.63, 3.8) is 0 Å². The maximum absolute atomic E-state index is 13.5. The van der Waals surface area contributed by atoms with Crippen LogP contribution in [0.1, 0.15) is 38.4 Å². The molecule has 1 aliphatic heterocycles. The Morgan fingerprint density at radius 1 is 1.09 bits per heavy atom. The zero-order valence-corrected chi connectivity index (χ0v) is 19.4. The number of carbonyl (C=O) groups is 2. The highest BCUT2D eigenvalue weighted by molar-refractivity contribution is 6.01. The molecular weight excluding hydrogens is 443 g/mol. The molecule has 2 amide bonds. The van der Waals surface area contributed by atoms with Crippen molar-refractivity contribution >= 4 is 35.1 Å². The van der Waals surface area contributed by atoms with Crippen molar-refractivity contribution < 1.29 is 15.4 Å². The summed E-state index contributed by atoms with van der Waals surface area (Å²) in [6, 6.07) is 20.4. The number of nitrogens with one attached hydrogen (secondary N) is 3. The van der Waals surface area contributed by atoms with Crippen LogP contribution in [0, 0.1) is 23.1 Å². The van der Waals surface area contributed by atoms with E-state index in [4.69, 9.17) is 5.41 Å². The highest BCUT2D eigenvalue weighted by Crippen LogP contribution is 2.42. The van der Waals surface area contributed by atoms with Gasteiger partial charge in [-0.1, -0.05) is 37.3 Å². The molecule has 0 aromatic heterocycles. The second-order valence-electron chi connectivity index (χ2n) is 9.21. The number of hydrogen-bond donors (Lipinski definition) is 3. The summed E-state index contributed by atoms with van der Waals surface area (Å²) in [6.45, 7) is 1.86. The van der Waals surface area contributed by atoms with Crippen LogP contribution in [0.25, 0.3) is 0 Å². The van der Waals surface area contributed by atoms with Crippen LogP contribution < -0.4 is 15.5 Å². The smallest absolute Gasteiger partial charge is 0.232 e. The van der Waals surface area contributed by atoms with Gasteiger partial charge < -0.3 is 20.9 Å². The summed E-state index contributed by atoms with van der Waals surface area (Å²) in [5, 5.41) is 14.3. The largest absolute Gasteiger partial charge is 0.355 e. The van der Waals surface area contributed by atoms with E-state index in [1.54, 1.807) is 23.1 Å². The van der Waals surface area contributed by atoms with Gasteiger partial charge in [0.1, 0.15) is 5.82 Å². The zero-order valence-electron chi connectivity index (χ0n) is 19.4. The molecule has 1 saturated carbocycles. The molecule has 1 heterocycles. The van der Waals surface area contributed by atoms with E-state index in [0.29, 0.717) is 22.6 Å². The average molecular weight is 473 g/mol. The van der Waals surface area contributed by atoms with Gasteiger partial charge in [-0.15, -0.1) is 0 Å². The van der Waals surface area contributed by atoms with E-state index in [9.17, 15) is 14.0 Å². The molecule has 2 aliphatic rings. The molecule has 3 atom stereocenters. The van der Waals surface area contributed by atoms with Crippen LogP contribution in [0.2, 0.25) is 0 Å². The number of carbonyl (C=O) groups excluding carboxylic acids is 2. The Balaban J connectivity index is 0.00000304. The molecular formula is C28H29FN4O2. The lowest BCUT2D eigenvalue weighted by Gasteiger charge is -2.30. The van der Waals surface area contributed by atoms with Crippen molar-refractivity contribution in [1.29, 1.82) is 5.41 Å².